The second-order valence-corrected chi connectivity index (χ2v) is 7.28. The molecule has 7 heteroatoms. The highest BCUT2D eigenvalue weighted by Gasteiger charge is 2.20. The molecule has 0 saturated carbocycles. The molecule has 1 unspecified atom stereocenters. The van der Waals surface area contributed by atoms with Gasteiger partial charge in [0.1, 0.15) is 0 Å². The maximum Gasteiger partial charge on any atom is 0.248 e. The van der Waals surface area contributed by atoms with Gasteiger partial charge in [-0.3, -0.25) is 4.79 Å². The lowest BCUT2D eigenvalue weighted by molar-refractivity contribution is 0.114. The lowest BCUT2D eigenvalue weighted by Gasteiger charge is -2.12. The summed E-state index contributed by atoms with van der Waals surface area (Å²) in [6, 6.07) is 6.15. The molecule has 0 spiro atoms. The minimum atomic E-state index is -3.59. The summed E-state index contributed by atoms with van der Waals surface area (Å²) in [5, 5.41) is 0.722. The van der Waals surface area contributed by atoms with Crippen molar-refractivity contribution in [2.45, 2.75) is 30.8 Å². The molecule has 0 aliphatic carbocycles. The van der Waals surface area contributed by atoms with Crippen molar-refractivity contribution in [1.29, 1.82) is 0 Å². The average molecular weight is 322 g/mol. The SMILES string of the molecule is Cc1cc(=O)[nH]c2ccc(S(=O)(=O)NCC3CCCO3)cc12. The maximum absolute atomic E-state index is 12.4. The first kappa shape index (κ1) is 15.2. The minimum absolute atomic E-state index is 0.0478. The third-order valence-corrected chi connectivity index (χ3v) is 5.28. The van der Waals surface area contributed by atoms with E-state index < -0.39 is 10.0 Å². The van der Waals surface area contributed by atoms with Gasteiger partial charge in [0, 0.05) is 30.1 Å². The van der Waals surface area contributed by atoms with Crippen LogP contribution in [0.4, 0.5) is 0 Å². The van der Waals surface area contributed by atoms with Crippen molar-refractivity contribution >= 4 is 20.9 Å². The normalized spacial score (nSPS) is 18.9. The monoisotopic (exact) mass is 322 g/mol. The number of benzene rings is 1. The summed E-state index contributed by atoms with van der Waals surface area (Å²) in [5.41, 5.74) is 1.18. The number of aromatic amines is 1. The highest BCUT2D eigenvalue weighted by molar-refractivity contribution is 7.89. The Hall–Kier alpha value is -1.70. The molecule has 1 fully saturated rings. The Morgan fingerprint density at radius 1 is 1.36 bits per heavy atom. The van der Waals surface area contributed by atoms with Gasteiger partial charge in [-0.1, -0.05) is 0 Å². The van der Waals surface area contributed by atoms with Crippen molar-refractivity contribution in [1.82, 2.24) is 9.71 Å². The molecule has 6 nitrogen and oxygen atoms in total. The molecule has 0 bridgehead atoms. The molecule has 1 aliphatic rings. The number of hydrogen-bond donors (Lipinski definition) is 2. The second kappa shape index (κ2) is 5.83. The number of fused-ring (bicyclic) bond motifs is 1. The van der Waals surface area contributed by atoms with E-state index in [4.69, 9.17) is 4.74 Å². The standard InChI is InChI=1S/C15H18N2O4S/c1-10-7-15(18)17-14-5-4-12(8-13(10)14)22(19,20)16-9-11-3-2-6-21-11/h4-5,7-8,11,16H,2-3,6,9H2,1H3,(H,17,18). The van der Waals surface area contributed by atoms with E-state index in [2.05, 4.69) is 9.71 Å². The molecule has 2 heterocycles. The number of aryl methyl sites for hydroxylation is 1. The van der Waals surface area contributed by atoms with Gasteiger partial charge in [-0.25, -0.2) is 13.1 Å². The summed E-state index contributed by atoms with van der Waals surface area (Å²) in [5.74, 6) is 0. The van der Waals surface area contributed by atoms with Crippen LogP contribution in [0.1, 0.15) is 18.4 Å². The van der Waals surface area contributed by atoms with Crippen molar-refractivity contribution in [3.05, 3.63) is 40.2 Å². The first-order chi connectivity index (χ1) is 10.5. The molecule has 1 atom stereocenters. The summed E-state index contributed by atoms with van der Waals surface area (Å²) in [6.07, 6.45) is 1.79. The summed E-state index contributed by atoms with van der Waals surface area (Å²) in [7, 11) is -3.59. The van der Waals surface area contributed by atoms with Gasteiger partial charge in [-0.05, 0) is 43.5 Å². The Labute approximate surface area is 128 Å². The van der Waals surface area contributed by atoms with E-state index in [1.807, 2.05) is 0 Å². The molecule has 1 aliphatic heterocycles. The smallest absolute Gasteiger partial charge is 0.248 e. The fourth-order valence-electron chi connectivity index (χ4n) is 2.66. The highest BCUT2D eigenvalue weighted by atomic mass is 32.2. The first-order valence-electron chi connectivity index (χ1n) is 7.21. The van der Waals surface area contributed by atoms with Gasteiger partial charge in [0.15, 0.2) is 0 Å². The molecular formula is C15H18N2O4S. The van der Waals surface area contributed by atoms with E-state index in [1.54, 1.807) is 19.1 Å². The van der Waals surface area contributed by atoms with Crippen LogP contribution in [0.2, 0.25) is 0 Å². The second-order valence-electron chi connectivity index (χ2n) is 5.51. The number of ether oxygens (including phenoxy) is 1. The number of hydrogen-bond acceptors (Lipinski definition) is 4. The number of H-pyrrole nitrogens is 1. The molecule has 2 aromatic rings. The van der Waals surface area contributed by atoms with Crippen molar-refractivity contribution in [3.8, 4) is 0 Å². The van der Waals surface area contributed by atoms with Crippen LogP contribution < -0.4 is 10.3 Å². The van der Waals surface area contributed by atoms with Crippen LogP contribution in [-0.2, 0) is 14.8 Å². The first-order valence-corrected chi connectivity index (χ1v) is 8.69. The van der Waals surface area contributed by atoms with Gasteiger partial charge >= 0.3 is 0 Å². The number of sulfonamides is 1. The van der Waals surface area contributed by atoms with Crippen molar-refractivity contribution in [2.24, 2.45) is 0 Å². The summed E-state index contributed by atoms with van der Waals surface area (Å²) in [6.45, 7) is 2.76. The molecule has 118 valence electrons. The molecule has 3 rings (SSSR count). The number of pyridine rings is 1. The molecule has 22 heavy (non-hydrogen) atoms. The predicted molar refractivity (Wildman–Crippen MR) is 83.5 cm³/mol. The Balaban J connectivity index is 1.89. The average Bonchev–Trinajstić information content (AvgIpc) is 2.98. The highest BCUT2D eigenvalue weighted by Crippen LogP contribution is 2.20. The Kier molecular flexibility index (Phi) is 4.03. The lowest BCUT2D eigenvalue weighted by Crippen LogP contribution is -2.31. The van der Waals surface area contributed by atoms with Crippen molar-refractivity contribution < 1.29 is 13.2 Å². The van der Waals surface area contributed by atoms with Crippen LogP contribution in [0, 0.1) is 6.92 Å². The number of aromatic nitrogens is 1. The molecule has 2 N–H and O–H groups in total. The summed E-state index contributed by atoms with van der Waals surface area (Å²) in [4.78, 5) is 14.3. The maximum atomic E-state index is 12.4. The van der Waals surface area contributed by atoms with Gasteiger partial charge in [0.2, 0.25) is 15.6 Å². The molecule has 0 radical (unpaired) electrons. The molecular weight excluding hydrogens is 304 g/mol. The van der Waals surface area contributed by atoms with Crippen LogP contribution in [0.5, 0.6) is 0 Å². The Bertz CT molecular complexity index is 851. The van der Waals surface area contributed by atoms with Gasteiger partial charge in [-0.15, -0.1) is 0 Å². The summed E-state index contributed by atoms with van der Waals surface area (Å²) >= 11 is 0. The zero-order chi connectivity index (χ0) is 15.7. The zero-order valence-corrected chi connectivity index (χ0v) is 13.1. The quantitative estimate of drug-likeness (QED) is 0.888. The van der Waals surface area contributed by atoms with Crippen LogP contribution in [0.15, 0.2) is 34.0 Å². The third-order valence-electron chi connectivity index (χ3n) is 3.86. The fourth-order valence-corrected chi connectivity index (χ4v) is 3.75. The van der Waals surface area contributed by atoms with Gasteiger partial charge in [0.25, 0.3) is 0 Å². The van der Waals surface area contributed by atoms with E-state index in [0.717, 1.165) is 23.8 Å². The van der Waals surface area contributed by atoms with Crippen LogP contribution in [0.3, 0.4) is 0 Å². The molecule has 1 aromatic heterocycles. The van der Waals surface area contributed by atoms with Gasteiger partial charge in [0.05, 0.1) is 11.0 Å². The minimum Gasteiger partial charge on any atom is -0.377 e. The van der Waals surface area contributed by atoms with E-state index in [-0.39, 0.29) is 23.1 Å². The molecule has 1 aromatic carbocycles. The van der Waals surface area contributed by atoms with Crippen LogP contribution in [0.25, 0.3) is 10.9 Å². The summed E-state index contributed by atoms with van der Waals surface area (Å²) < 4.78 is 32.8. The van der Waals surface area contributed by atoms with Crippen molar-refractivity contribution in [3.63, 3.8) is 0 Å². The van der Waals surface area contributed by atoms with E-state index in [0.29, 0.717) is 12.1 Å². The van der Waals surface area contributed by atoms with Crippen LogP contribution in [-0.4, -0.2) is 32.7 Å². The lowest BCUT2D eigenvalue weighted by atomic mass is 10.1. The number of rotatable bonds is 4. The van der Waals surface area contributed by atoms with E-state index >= 15 is 0 Å². The Morgan fingerprint density at radius 3 is 2.91 bits per heavy atom. The van der Waals surface area contributed by atoms with Crippen LogP contribution >= 0.6 is 0 Å². The fraction of sp³-hybridized carbons (Fsp3) is 0.400. The topological polar surface area (TPSA) is 88.3 Å². The molecule has 0 amide bonds. The van der Waals surface area contributed by atoms with Gasteiger partial charge in [-0.2, -0.15) is 0 Å². The number of nitrogens with one attached hydrogen (secondary N) is 2. The van der Waals surface area contributed by atoms with E-state index in [9.17, 15) is 13.2 Å². The van der Waals surface area contributed by atoms with Crippen molar-refractivity contribution in [2.75, 3.05) is 13.2 Å². The van der Waals surface area contributed by atoms with Gasteiger partial charge < -0.3 is 9.72 Å². The predicted octanol–water partition coefficient (Wildman–Crippen LogP) is 1.29. The zero-order valence-electron chi connectivity index (χ0n) is 12.3. The molecule has 1 saturated heterocycles. The van der Waals surface area contributed by atoms with E-state index in [1.165, 1.54) is 12.1 Å². The Morgan fingerprint density at radius 2 is 2.18 bits per heavy atom. The largest absolute Gasteiger partial charge is 0.377 e. The third kappa shape index (κ3) is 3.06.